The molecule has 42 heavy (non-hydrogen) atoms. The molecule has 0 aliphatic heterocycles. The van der Waals surface area contributed by atoms with Crippen molar-refractivity contribution in [3.05, 3.63) is 48.5 Å². The van der Waals surface area contributed by atoms with E-state index < -0.39 is 23.4 Å². The Bertz CT molecular complexity index is 1120. The summed E-state index contributed by atoms with van der Waals surface area (Å²) in [4.78, 5) is 48.5. The maximum atomic E-state index is 12.3. The number of carbonyl (C=O) groups is 4. The summed E-state index contributed by atoms with van der Waals surface area (Å²) in [6.45, 7) is 10.7. The zero-order valence-corrected chi connectivity index (χ0v) is 26.8. The molecule has 0 radical (unpaired) electrons. The predicted octanol–water partition coefficient (Wildman–Crippen LogP) is 7.90. The van der Waals surface area contributed by atoms with Crippen LogP contribution in [0, 0.1) is 0 Å². The minimum absolute atomic E-state index is 0.1000. The highest BCUT2D eigenvalue weighted by atomic mass is 33.1. The lowest BCUT2D eigenvalue weighted by Gasteiger charge is -2.19. The van der Waals surface area contributed by atoms with Crippen molar-refractivity contribution in [3.8, 4) is 0 Å². The van der Waals surface area contributed by atoms with Gasteiger partial charge in [-0.1, -0.05) is 33.7 Å². The van der Waals surface area contributed by atoms with Crippen LogP contribution in [-0.2, 0) is 19.1 Å². The van der Waals surface area contributed by atoms with Crippen LogP contribution in [0.15, 0.2) is 48.5 Å². The Morgan fingerprint density at radius 2 is 0.929 bits per heavy atom. The van der Waals surface area contributed by atoms with Gasteiger partial charge in [0.25, 0.3) is 0 Å². The summed E-state index contributed by atoms with van der Waals surface area (Å²) >= 11 is 0. The number of nitrogens with one attached hydrogen (secondary N) is 4. The first-order valence-electron chi connectivity index (χ1n) is 13.7. The van der Waals surface area contributed by atoms with Crippen LogP contribution in [0.4, 0.5) is 32.3 Å². The van der Waals surface area contributed by atoms with Crippen LogP contribution in [0.2, 0.25) is 0 Å². The Labute approximate surface area is 256 Å². The van der Waals surface area contributed by atoms with Gasteiger partial charge in [0.05, 0.1) is 0 Å². The molecule has 0 saturated carbocycles. The molecular formula is C30H42N4O6S2. The van der Waals surface area contributed by atoms with E-state index in [1.54, 1.807) is 112 Å². The first-order chi connectivity index (χ1) is 19.7. The summed E-state index contributed by atoms with van der Waals surface area (Å²) in [5.41, 5.74) is 1.06. The monoisotopic (exact) mass is 618 g/mol. The van der Waals surface area contributed by atoms with E-state index in [0.29, 0.717) is 48.4 Å². The number of carbonyl (C=O) groups excluding carboxylic acids is 4. The minimum Gasteiger partial charge on any atom is -0.444 e. The first-order valence-corrected chi connectivity index (χ1v) is 16.2. The largest absolute Gasteiger partial charge is 0.444 e. The number of amides is 4. The van der Waals surface area contributed by atoms with Gasteiger partial charge in [0.2, 0.25) is 11.8 Å². The molecule has 0 aliphatic carbocycles. The second-order valence-corrected chi connectivity index (χ2v) is 14.1. The van der Waals surface area contributed by atoms with Gasteiger partial charge >= 0.3 is 12.2 Å². The molecule has 12 heteroatoms. The number of benzene rings is 2. The van der Waals surface area contributed by atoms with Gasteiger partial charge in [0.15, 0.2) is 0 Å². The summed E-state index contributed by atoms with van der Waals surface area (Å²) < 4.78 is 10.5. The van der Waals surface area contributed by atoms with Gasteiger partial charge < -0.3 is 20.1 Å². The number of hydrogen-bond acceptors (Lipinski definition) is 8. The van der Waals surface area contributed by atoms with Crippen LogP contribution in [0.3, 0.4) is 0 Å². The zero-order chi connectivity index (χ0) is 31.2. The fourth-order valence-electron chi connectivity index (χ4n) is 3.34. The number of anilines is 4. The molecule has 0 aliphatic rings. The Morgan fingerprint density at radius 3 is 1.26 bits per heavy atom. The summed E-state index contributed by atoms with van der Waals surface area (Å²) in [7, 11) is 3.35. The molecule has 10 nitrogen and oxygen atoms in total. The number of hydrogen-bond donors (Lipinski definition) is 4. The van der Waals surface area contributed by atoms with Crippen LogP contribution in [0.5, 0.6) is 0 Å². The summed E-state index contributed by atoms with van der Waals surface area (Å²) in [6.07, 6.45) is 1.07. The fourth-order valence-corrected chi connectivity index (χ4v) is 5.51. The second kappa shape index (κ2) is 16.9. The molecule has 0 aromatic heterocycles. The van der Waals surface area contributed by atoms with E-state index in [1.165, 1.54) is 0 Å². The average Bonchev–Trinajstić information content (AvgIpc) is 2.83. The molecule has 2 rings (SSSR count). The standard InChI is InChI=1S/C30H42N4O6S2/c1-29(2,3)39-27(37)33-23-13-7-11-21(19-23)31-25(35)15-9-17-41-42-18-10-16-26(36)32-22-12-8-14-24(20-22)34-28(38)40-30(4,5)6/h7-8,11-14,19-20H,9-10,15-18H2,1-6H3,(H,31,35)(H,32,36)(H,33,37)(H,34,38). The molecule has 2 aromatic rings. The van der Waals surface area contributed by atoms with Crippen molar-refractivity contribution in [2.45, 2.75) is 78.4 Å². The molecule has 0 heterocycles. The van der Waals surface area contributed by atoms with Crippen molar-refractivity contribution >= 4 is 68.3 Å². The first kappa shape index (κ1) is 34.8. The topological polar surface area (TPSA) is 135 Å². The van der Waals surface area contributed by atoms with E-state index in [-0.39, 0.29) is 11.8 Å². The van der Waals surface area contributed by atoms with Crippen molar-refractivity contribution in [2.75, 3.05) is 32.8 Å². The third-order valence-electron chi connectivity index (χ3n) is 4.93. The van der Waals surface area contributed by atoms with Gasteiger partial charge in [0, 0.05) is 47.1 Å². The Balaban J connectivity index is 1.58. The third-order valence-corrected chi connectivity index (χ3v) is 7.51. The van der Waals surface area contributed by atoms with Crippen LogP contribution in [-0.4, -0.2) is 46.7 Å². The lowest BCUT2D eigenvalue weighted by Crippen LogP contribution is -2.27. The van der Waals surface area contributed by atoms with Crippen molar-refractivity contribution in [1.82, 2.24) is 0 Å². The normalized spacial score (nSPS) is 11.3. The highest BCUT2D eigenvalue weighted by Crippen LogP contribution is 2.24. The smallest absolute Gasteiger partial charge is 0.412 e. The maximum absolute atomic E-state index is 12.3. The highest BCUT2D eigenvalue weighted by molar-refractivity contribution is 8.76. The van der Waals surface area contributed by atoms with E-state index in [0.717, 1.165) is 11.5 Å². The van der Waals surface area contributed by atoms with Gasteiger partial charge in [-0.05, 0) is 90.8 Å². The van der Waals surface area contributed by atoms with Gasteiger partial charge in [0.1, 0.15) is 11.2 Å². The SMILES string of the molecule is CC(C)(C)OC(=O)Nc1cccc(NC(=O)CCCSSCCCC(=O)Nc2cccc(NC(=O)OC(C)(C)C)c2)c1. The van der Waals surface area contributed by atoms with Gasteiger partial charge in [-0.15, -0.1) is 0 Å². The molecular weight excluding hydrogens is 576 g/mol. The molecule has 2 aromatic carbocycles. The van der Waals surface area contributed by atoms with Crippen molar-refractivity contribution in [1.29, 1.82) is 0 Å². The Hall–Kier alpha value is -3.38. The number of rotatable bonds is 13. The van der Waals surface area contributed by atoms with Crippen molar-refractivity contribution < 1.29 is 28.7 Å². The van der Waals surface area contributed by atoms with E-state index in [1.807, 2.05) is 0 Å². The summed E-state index contributed by atoms with van der Waals surface area (Å²) in [5.74, 6) is 1.42. The highest BCUT2D eigenvalue weighted by Gasteiger charge is 2.17. The van der Waals surface area contributed by atoms with Crippen molar-refractivity contribution in [3.63, 3.8) is 0 Å². The molecule has 0 saturated heterocycles. The number of ether oxygens (including phenoxy) is 2. The lowest BCUT2D eigenvalue weighted by atomic mass is 10.2. The minimum atomic E-state index is -0.598. The van der Waals surface area contributed by atoms with E-state index in [9.17, 15) is 19.2 Å². The molecule has 0 unspecified atom stereocenters. The third kappa shape index (κ3) is 16.2. The molecule has 0 bridgehead atoms. The fraction of sp³-hybridized carbons (Fsp3) is 0.467. The molecule has 230 valence electrons. The maximum Gasteiger partial charge on any atom is 0.412 e. The Kier molecular flexibility index (Phi) is 14.0. The summed E-state index contributed by atoms with van der Waals surface area (Å²) in [6, 6.07) is 13.8. The molecule has 0 fully saturated rings. The van der Waals surface area contributed by atoms with Crippen LogP contribution >= 0.6 is 21.6 Å². The van der Waals surface area contributed by atoms with Crippen LogP contribution < -0.4 is 21.3 Å². The zero-order valence-electron chi connectivity index (χ0n) is 25.1. The van der Waals surface area contributed by atoms with Crippen LogP contribution in [0.25, 0.3) is 0 Å². The van der Waals surface area contributed by atoms with E-state index in [4.69, 9.17) is 9.47 Å². The average molecular weight is 619 g/mol. The van der Waals surface area contributed by atoms with E-state index >= 15 is 0 Å². The predicted molar refractivity (Wildman–Crippen MR) is 173 cm³/mol. The lowest BCUT2D eigenvalue weighted by molar-refractivity contribution is -0.117. The summed E-state index contributed by atoms with van der Waals surface area (Å²) in [5, 5.41) is 11.0. The van der Waals surface area contributed by atoms with Crippen molar-refractivity contribution in [2.24, 2.45) is 0 Å². The quantitative estimate of drug-likeness (QED) is 0.131. The van der Waals surface area contributed by atoms with Gasteiger partial charge in [-0.3, -0.25) is 20.2 Å². The molecule has 0 spiro atoms. The second-order valence-electron chi connectivity index (χ2n) is 11.4. The van der Waals surface area contributed by atoms with Crippen LogP contribution in [0.1, 0.15) is 67.2 Å². The molecule has 4 N–H and O–H groups in total. The molecule has 4 amide bonds. The van der Waals surface area contributed by atoms with Gasteiger partial charge in [-0.25, -0.2) is 9.59 Å². The van der Waals surface area contributed by atoms with E-state index in [2.05, 4.69) is 21.3 Å². The molecule has 0 atom stereocenters. The van der Waals surface area contributed by atoms with Gasteiger partial charge in [-0.2, -0.15) is 0 Å². The Morgan fingerprint density at radius 1 is 0.595 bits per heavy atom.